The predicted molar refractivity (Wildman–Crippen MR) is 79.7 cm³/mol. The highest BCUT2D eigenvalue weighted by Gasteiger charge is 2.21. The van der Waals surface area contributed by atoms with Gasteiger partial charge in [0.2, 0.25) is 11.8 Å². The molecule has 1 N–H and O–H groups in total. The van der Waals surface area contributed by atoms with E-state index in [0.29, 0.717) is 12.8 Å². The lowest BCUT2D eigenvalue weighted by Crippen LogP contribution is -2.23. The van der Waals surface area contributed by atoms with Gasteiger partial charge in [-0.05, 0) is 30.9 Å². The Kier molecular flexibility index (Phi) is 4.85. The molecule has 1 aliphatic rings. The summed E-state index contributed by atoms with van der Waals surface area (Å²) in [6.45, 7) is 0.767. The van der Waals surface area contributed by atoms with Gasteiger partial charge in [0.15, 0.2) is 0 Å². The first kappa shape index (κ1) is 13.9. The number of carbonyl (C=O) groups excluding carboxylic acids is 2. The molecule has 2 rings (SSSR count). The van der Waals surface area contributed by atoms with Crippen LogP contribution in [0.15, 0.2) is 24.3 Å². The lowest BCUT2D eigenvalue weighted by atomic mass is 10.2. The van der Waals surface area contributed by atoms with E-state index in [1.54, 1.807) is 16.7 Å². The van der Waals surface area contributed by atoms with Crippen molar-refractivity contribution in [2.24, 2.45) is 0 Å². The summed E-state index contributed by atoms with van der Waals surface area (Å²) in [5.74, 6) is 0.987. The third-order valence-corrected chi connectivity index (χ3v) is 3.66. The topological polar surface area (TPSA) is 49.4 Å². The summed E-state index contributed by atoms with van der Waals surface area (Å²) in [6, 6.07) is 7.48. The Morgan fingerprint density at radius 2 is 2.32 bits per heavy atom. The summed E-state index contributed by atoms with van der Waals surface area (Å²) in [4.78, 5) is 25.1. The number of anilines is 2. The molecule has 1 fully saturated rings. The molecule has 5 heteroatoms. The second-order valence-corrected chi connectivity index (χ2v) is 5.48. The van der Waals surface area contributed by atoms with Crippen molar-refractivity contribution in [2.45, 2.75) is 19.3 Å². The highest BCUT2D eigenvalue weighted by Crippen LogP contribution is 2.24. The van der Waals surface area contributed by atoms with E-state index in [1.807, 2.05) is 30.5 Å². The van der Waals surface area contributed by atoms with Gasteiger partial charge in [-0.15, -0.1) is 0 Å². The Labute approximate surface area is 117 Å². The molecule has 102 valence electrons. The van der Waals surface area contributed by atoms with Crippen LogP contribution in [0.25, 0.3) is 0 Å². The van der Waals surface area contributed by atoms with Crippen molar-refractivity contribution in [2.75, 3.05) is 28.8 Å². The van der Waals surface area contributed by atoms with E-state index in [1.165, 1.54) is 0 Å². The third-order valence-electron chi connectivity index (χ3n) is 3.05. The first-order valence-corrected chi connectivity index (χ1v) is 7.79. The van der Waals surface area contributed by atoms with Gasteiger partial charge in [-0.2, -0.15) is 11.8 Å². The molecule has 0 aliphatic carbocycles. The van der Waals surface area contributed by atoms with Gasteiger partial charge in [0, 0.05) is 36.5 Å². The molecular formula is C14H18N2O2S. The molecule has 19 heavy (non-hydrogen) atoms. The Hall–Kier alpha value is -1.49. The first-order valence-electron chi connectivity index (χ1n) is 6.40. The molecule has 1 aromatic rings. The second kappa shape index (κ2) is 6.61. The molecule has 2 amide bonds. The Morgan fingerprint density at radius 3 is 3.00 bits per heavy atom. The number of hydrogen-bond donors (Lipinski definition) is 1. The summed E-state index contributed by atoms with van der Waals surface area (Å²) < 4.78 is 0. The Morgan fingerprint density at radius 1 is 1.47 bits per heavy atom. The normalized spacial score (nSPS) is 14.8. The van der Waals surface area contributed by atoms with Crippen molar-refractivity contribution < 1.29 is 9.59 Å². The minimum absolute atomic E-state index is 0.0132. The molecule has 0 radical (unpaired) electrons. The molecule has 0 saturated carbocycles. The van der Waals surface area contributed by atoms with Crippen LogP contribution in [0.1, 0.15) is 19.3 Å². The quantitative estimate of drug-likeness (QED) is 0.900. The fourth-order valence-corrected chi connectivity index (χ4v) is 2.48. The van der Waals surface area contributed by atoms with Crippen LogP contribution in [-0.2, 0) is 9.59 Å². The van der Waals surface area contributed by atoms with E-state index in [4.69, 9.17) is 0 Å². The second-order valence-electron chi connectivity index (χ2n) is 4.49. The van der Waals surface area contributed by atoms with Gasteiger partial charge in [0.1, 0.15) is 0 Å². The maximum Gasteiger partial charge on any atom is 0.227 e. The van der Waals surface area contributed by atoms with Gasteiger partial charge in [0.25, 0.3) is 0 Å². The lowest BCUT2D eigenvalue weighted by Gasteiger charge is -2.16. The van der Waals surface area contributed by atoms with Crippen molar-refractivity contribution in [3.63, 3.8) is 0 Å². The first-order chi connectivity index (χ1) is 9.20. The fraction of sp³-hybridized carbons (Fsp3) is 0.429. The van der Waals surface area contributed by atoms with Gasteiger partial charge in [-0.25, -0.2) is 0 Å². The zero-order chi connectivity index (χ0) is 13.7. The summed E-state index contributed by atoms with van der Waals surface area (Å²) in [5, 5.41) is 2.87. The molecule has 0 aromatic heterocycles. The molecule has 1 aromatic carbocycles. The van der Waals surface area contributed by atoms with Crippen LogP contribution in [0.2, 0.25) is 0 Å². The number of benzene rings is 1. The highest BCUT2D eigenvalue weighted by atomic mass is 32.2. The minimum Gasteiger partial charge on any atom is -0.326 e. The number of thioether (sulfide) groups is 1. The van der Waals surface area contributed by atoms with Crippen LogP contribution in [0, 0.1) is 0 Å². The molecule has 0 bridgehead atoms. The van der Waals surface area contributed by atoms with Gasteiger partial charge in [-0.1, -0.05) is 6.07 Å². The minimum atomic E-state index is 0.0132. The van der Waals surface area contributed by atoms with Crippen LogP contribution >= 0.6 is 11.8 Å². The number of amides is 2. The monoisotopic (exact) mass is 278 g/mol. The SMILES string of the molecule is CSCCC(=O)Nc1cccc(N2CCCC2=O)c1. The largest absolute Gasteiger partial charge is 0.326 e. The number of carbonyl (C=O) groups is 2. The summed E-state index contributed by atoms with van der Waals surface area (Å²) in [6.07, 6.45) is 4.01. The number of hydrogen-bond acceptors (Lipinski definition) is 3. The molecule has 1 saturated heterocycles. The van der Waals surface area contributed by atoms with E-state index < -0.39 is 0 Å². The van der Waals surface area contributed by atoms with E-state index in [-0.39, 0.29) is 11.8 Å². The summed E-state index contributed by atoms with van der Waals surface area (Å²) >= 11 is 1.65. The van der Waals surface area contributed by atoms with Crippen LogP contribution < -0.4 is 10.2 Å². The average Bonchev–Trinajstić information content (AvgIpc) is 2.83. The third kappa shape index (κ3) is 3.73. The standard InChI is InChI=1S/C14H18N2O2S/c1-19-9-7-13(17)15-11-4-2-5-12(10-11)16-8-3-6-14(16)18/h2,4-5,10H,3,6-9H2,1H3,(H,15,17). The van der Waals surface area contributed by atoms with E-state index in [0.717, 1.165) is 30.1 Å². The van der Waals surface area contributed by atoms with Crippen molar-refractivity contribution in [3.8, 4) is 0 Å². The zero-order valence-corrected chi connectivity index (χ0v) is 11.8. The number of rotatable bonds is 5. The maximum absolute atomic E-state index is 11.7. The highest BCUT2D eigenvalue weighted by molar-refractivity contribution is 7.98. The van der Waals surface area contributed by atoms with E-state index >= 15 is 0 Å². The van der Waals surface area contributed by atoms with Crippen molar-refractivity contribution in [1.29, 1.82) is 0 Å². The van der Waals surface area contributed by atoms with E-state index in [2.05, 4.69) is 5.32 Å². The number of nitrogens with zero attached hydrogens (tertiary/aromatic N) is 1. The van der Waals surface area contributed by atoms with Crippen LogP contribution in [0.5, 0.6) is 0 Å². The molecule has 0 atom stereocenters. The average molecular weight is 278 g/mol. The Balaban J connectivity index is 2.02. The van der Waals surface area contributed by atoms with Gasteiger partial charge in [0.05, 0.1) is 0 Å². The van der Waals surface area contributed by atoms with Crippen LogP contribution in [0.4, 0.5) is 11.4 Å². The molecule has 0 unspecified atom stereocenters. The van der Waals surface area contributed by atoms with Crippen LogP contribution in [0.3, 0.4) is 0 Å². The molecule has 0 spiro atoms. The zero-order valence-electron chi connectivity index (χ0n) is 11.0. The van der Waals surface area contributed by atoms with Gasteiger partial charge < -0.3 is 10.2 Å². The van der Waals surface area contributed by atoms with Crippen molar-refractivity contribution >= 4 is 35.0 Å². The van der Waals surface area contributed by atoms with Crippen LogP contribution in [-0.4, -0.2) is 30.4 Å². The van der Waals surface area contributed by atoms with Gasteiger partial charge >= 0.3 is 0 Å². The van der Waals surface area contributed by atoms with Gasteiger partial charge in [-0.3, -0.25) is 9.59 Å². The fourth-order valence-electron chi connectivity index (χ4n) is 2.09. The summed E-state index contributed by atoms with van der Waals surface area (Å²) in [7, 11) is 0. The molecule has 1 heterocycles. The molecular weight excluding hydrogens is 260 g/mol. The maximum atomic E-state index is 11.7. The Bertz CT molecular complexity index is 476. The predicted octanol–water partition coefficient (Wildman–Crippen LogP) is 2.51. The number of nitrogens with one attached hydrogen (secondary N) is 1. The lowest BCUT2D eigenvalue weighted by molar-refractivity contribution is -0.117. The smallest absolute Gasteiger partial charge is 0.227 e. The molecule has 4 nitrogen and oxygen atoms in total. The van der Waals surface area contributed by atoms with E-state index in [9.17, 15) is 9.59 Å². The summed E-state index contributed by atoms with van der Waals surface area (Å²) in [5.41, 5.74) is 1.62. The molecule has 1 aliphatic heterocycles. The van der Waals surface area contributed by atoms with Crippen molar-refractivity contribution in [3.05, 3.63) is 24.3 Å². The van der Waals surface area contributed by atoms with Crippen molar-refractivity contribution in [1.82, 2.24) is 0 Å².